The third-order valence-corrected chi connectivity index (χ3v) is 7.23. The molecule has 0 saturated carbocycles. The van der Waals surface area contributed by atoms with Crippen molar-refractivity contribution in [1.82, 2.24) is 0 Å². The first-order valence-electron chi connectivity index (χ1n) is 15.8. The number of esters is 2. The number of ether oxygens (including phenoxy) is 4. The summed E-state index contributed by atoms with van der Waals surface area (Å²) in [6.07, 6.45) is 3.12. The van der Waals surface area contributed by atoms with Gasteiger partial charge in [-0.25, -0.2) is 9.59 Å². The van der Waals surface area contributed by atoms with Crippen LogP contribution in [0.25, 0.3) is 11.1 Å². The molecule has 0 saturated heterocycles. The molecule has 0 aliphatic heterocycles. The van der Waals surface area contributed by atoms with Crippen LogP contribution in [-0.2, 0) is 9.47 Å². The SMILES string of the molecule is CCCCCCCCCCOc1ccc(-c2ccc(C(=O)Oc3ccc(C(=O)O[C@@H](C)COCC(F)(F)C(F)(F)F)cc3)cc2)cc1. The van der Waals surface area contributed by atoms with Crippen molar-refractivity contribution in [1.29, 1.82) is 0 Å². The Morgan fingerprint density at radius 1 is 0.660 bits per heavy atom. The predicted molar refractivity (Wildman–Crippen MR) is 168 cm³/mol. The first kappa shape index (κ1) is 37.5. The maximum atomic E-state index is 12.9. The number of carbonyl (C=O) groups is 2. The Labute approximate surface area is 272 Å². The van der Waals surface area contributed by atoms with Gasteiger partial charge in [-0.2, -0.15) is 22.0 Å². The average Bonchev–Trinajstić information content (AvgIpc) is 3.04. The van der Waals surface area contributed by atoms with Gasteiger partial charge in [-0.05, 0) is 73.0 Å². The molecule has 0 amide bonds. The van der Waals surface area contributed by atoms with Crippen LogP contribution in [0.1, 0.15) is 85.9 Å². The van der Waals surface area contributed by atoms with Crippen molar-refractivity contribution in [2.24, 2.45) is 0 Å². The molecule has 0 aromatic heterocycles. The third-order valence-electron chi connectivity index (χ3n) is 7.23. The summed E-state index contributed by atoms with van der Waals surface area (Å²) < 4.78 is 83.2. The second-order valence-electron chi connectivity index (χ2n) is 11.3. The summed E-state index contributed by atoms with van der Waals surface area (Å²) >= 11 is 0. The number of hydrogen-bond acceptors (Lipinski definition) is 6. The van der Waals surface area contributed by atoms with Crippen LogP contribution in [0.5, 0.6) is 11.5 Å². The van der Waals surface area contributed by atoms with Gasteiger partial charge in [0, 0.05) is 0 Å². The molecule has 1 atom stereocenters. The molecular formula is C36H41F5O6. The first-order valence-corrected chi connectivity index (χ1v) is 15.8. The van der Waals surface area contributed by atoms with Crippen molar-refractivity contribution < 1.29 is 50.5 Å². The van der Waals surface area contributed by atoms with E-state index in [2.05, 4.69) is 11.7 Å². The van der Waals surface area contributed by atoms with Gasteiger partial charge in [-0.3, -0.25) is 0 Å². The van der Waals surface area contributed by atoms with Crippen molar-refractivity contribution in [3.8, 4) is 22.6 Å². The van der Waals surface area contributed by atoms with E-state index in [1.54, 1.807) is 24.3 Å². The molecule has 0 N–H and O–H groups in total. The van der Waals surface area contributed by atoms with Crippen LogP contribution in [0.2, 0.25) is 0 Å². The Kier molecular flexibility index (Phi) is 14.6. The molecule has 3 aromatic carbocycles. The molecule has 0 heterocycles. The Hall–Kier alpha value is -3.99. The molecule has 0 aliphatic rings. The molecule has 3 aromatic rings. The fourth-order valence-electron chi connectivity index (χ4n) is 4.51. The van der Waals surface area contributed by atoms with Gasteiger partial charge in [0.25, 0.3) is 0 Å². The van der Waals surface area contributed by atoms with E-state index in [1.165, 1.54) is 76.1 Å². The molecule has 0 bridgehead atoms. The molecule has 256 valence electrons. The summed E-state index contributed by atoms with van der Waals surface area (Å²) in [6.45, 7) is 1.65. The van der Waals surface area contributed by atoms with Crippen LogP contribution in [-0.4, -0.2) is 50.0 Å². The van der Waals surface area contributed by atoms with E-state index in [0.717, 1.165) is 23.3 Å². The van der Waals surface area contributed by atoms with Crippen LogP contribution in [0.4, 0.5) is 22.0 Å². The van der Waals surface area contributed by atoms with E-state index >= 15 is 0 Å². The molecule has 47 heavy (non-hydrogen) atoms. The third kappa shape index (κ3) is 12.6. The van der Waals surface area contributed by atoms with Crippen molar-refractivity contribution in [3.05, 3.63) is 83.9 Å². The van der Waals surface area contributed by atoms with E-state index in [-0.39, 0.29) is 11.3 Å². The largest absolute Gasteiger partial charge is 0.494 e. The monoisotopic (exact) mass is 664 g/mol. The van der Waals surface area contributed by atoms with Gasteiger partial charge >= 0.3 is 24.0 Å². The summed E-state index contributed by atoms with van der Waals surface area (Å²) in [7, 11) is 0. The Bertz CT molecular complexity index is 1370. The van der Waals surface area contributed by atoms with E-state index in [4.69, 9.17) is 14.2 Å². The van der Waals surface area contributed by atoms with Gasteiger partial charge in [0.15, 0.2) is 0 Å². The van der Waals surface area contributed by atoms with Crippen molar-refractivity contribution in [2.75, 3.05) is 19.8 Å². The fraction of sp³-hybridized carbons (Fsp3) is 0.444. The van der Waals surface area contributed by atoms with Crippen LogP contribution in [0, 0.1) is 0 Å². The Morgan fingerprint density at radius 2 is 1.15 bits per heavy atom. The summed E-state index contributed by atoms with van der Waals surface area (Å²) in [5.41, 5.74) is 2.23. The summed E-state index contributed by atoms with van der Waals surface area (Å²) in [5, 5.41) is 0. The average molecular weight is 665 g/mol. The maximum Gasteiger partial charge on any atom is 0.455 e. The molecule has 0 radical (unpaired) electrons. The summed E-state index contributed by atoms with van der Waals surface area (Å²) in [4.78, 5) is 25.0. The molecular weight excluding hydrogens is 623 g/mol. The zero-order valence-electron chi connectivity index (χ0n) is 26.6. The predicted octanol–water partition coefficient (Wildman–Crippen LogP) is 9.85. The molecule has 0 unspecified atom stereocenters. The number of alkyl halides is 5. The van der Waals surface area contributed by atoms with Gasteiger partial charge in [0.1, 0.15) is 24.2 Å². The van der Waals surface area contributed by atoms with Gasteiger partial charge in [-0.15, -0.1) is 0 Å². The lowest BCUT2D eigenvalue weighted by Crippen LogP contribution is -2.41. The lowest BCUT2D eigenvalue weighted by Gasteiger charge is -2.20. The molecule has 3 rings (SSSR count). The standard InChI is InChI=1S/C36H41F5O6/c1-3-4-5-6-7-8-9-10-23-45-31-19-15-28(16-20-31)27-11-13-29(14-12-27)34(43)47-32-21-17-30(18-22-32)33(42)46-26(2)24-44-25-35(37,38)36(39,40)41/h11-22,26H,3-10,23-25H2,1-2H3/t26-/m0/s1. The number of hydrogen-bond donors (Lipinski definition) is 0. The lowest BCUT2D eigenvalue weighted by atomic mass is 10.0. The number of unbranched alkanes of at least 4 members (excludes halogenated alkanes) is 7. The zero-order valence-corrected chi connectivity index (χ0v) is 26.6. The maximum absolute atomic E-state index is 12.9. The summed E-state index contributed by atoms with van der Waals surface area (Å²) in [6, 6.07) is 20.1. The van der Waals surface area contributed by atoms with E-state index in [9.17, 15) is 31.5 Å². The molecule has 11 heteroatoms. The molecule has 0 fully saturated rings. The lowest BCUT2D eigenvalue weighted by molar-refractivity contribution is -0.297. The quantitative estimate of drug-likeness (QED) is 0.0550. The molecule has 6 nitrogen and oxygen atoms in total. The minimum absolute atomic E-state index is 0.0474. The van der Waals surface area contributed by atoms with E-state index < -0.39 is 43.4 Å². The molecule has 0 spiro atoms. The number of rotatable bonds is 19. The van der Waals surface area contributed by atoms with Crippen molar-refractivity contribution in [3.63, 3.8) is 0 Å². The number of benzene rings is 3. The topological polar surface area (TPSA) is 71.1 Å². The Morgan fingerprint density at radius 3 is 1.72 bits per heavy atom. The number of carbonyl (C=O) groups excluding carboxylic acids is 2. The minimum Gasteiger partial charge on any atom is -0.494 e. The zero-order chi connectivity index (χ0) is 34.3. The fourth-order valence-corrected chi connectivity index (χ4v) is 4.51. The first-order chi connectivity index (χ1) is 22.4. The van der Waals surface area contributed by atoms with E-state index in [1.807, 2.05) is 24.3 Å². The van der Waals surface area contributed by atoms with Crippen LogP contribution < -0.4 is 9.47 Å². The summed E-state index contributed by atoms with van der Waals surface area (Å²) in [5.74, 6) is -5.52. The highest BCUT2D eigenvalue weighted by molar-refractivity contribution is 5.92. The minimum atomic E-state index is -5.74. The second kappa shape index (κ2) is 18.4. The Balaban J connectivity index is 1.41. The number of halogens is 5. The van der Waals surface area contributed by atoms with Gasteiger partial charge in [0.2, 0.25) is 0 Å². The van der Waals surface area contributed by atoms with Gasteiger partial charge < -0.3 is 18.9 Å². The van der Waals surface area contributed by atoms with Crippen LogP contribution in [0.3, 0.4) is 0 Å². The van der Waals surface area contributed by atoms with Gasteiger partial charge in [0.05, 0.1) is 24.3 Å². The molecule has 0 aliphatic carbocycles. The van der Waals surface area contributed by atoms with Crippen molar-refractivity contribution in [2.45, 2.75) is 83.4 Å². The van der Waals surface area contributed by atoms with Crippen molar-refractivity contribution >= 4 is 11.9 Å². The smallest absolute Gasteiger partial charge is 0.455 e. The highest BCUT2D eigenvalue weighted by atomic mass is 19.4. The van der Waals surface area contributed by atoms with E-state index in [0.29, 0.717) is 12.2 Å². The van der Waals surface area contributed by atoms with Gasteiger partial charge in [-0.1, -0.05) is 76.1 Å². The van der Waals surface area contributed by atoms with Crippen LogP contribution >= 0.6 is 0 Å². The second-order valence-corrected chi connectivity index (χ2v) is 11.3. The highest BCUT2D eigenvalue weighted by Crippen LogP contribution is 2.35. The highest BCUT2D eigenvalue weighted by Gasteiger charge is 2.57. The normalized spacial score (nSPS) is 12.4. The van der Waals surface area contributed by atoms with Crippen LogP contribution in [0.15, 0.2) is 72.8 Å².